The van der Waals surface area contributed by atoms with Crippen LogP contribution in [0.5, 0.6) is 0 Å². The Morgan fingerprint density at radius 3 is 2.74 bits per heavy atom. The van der Waals surface area contributed by atoms with Gasteiger partial charge in [0.2, 0.25) is 0 Å². The van der Waals surface area contributed by atoms with Gasteiger partial charge in [-0.2, -0.15) is 5.26 Å². The average Bonchev–Trinajstić information content (AvgIpc) is 2.48. The Labute approximate surface area is 112 Å². The number of aromatic nitrogens is 1. The Balaban J connectivity index is 2.16. The Kier molecular flexibility index (Phi) is 3.96. The fourth-order valence-electron chi connectivity index (χ4n) is 1.86. The van der Waals surface area contributed by atoms with E-state index >= 15 is 0 Å². The lowest BCUT2D eigenvalue weighted by molar-refractivity contribution is 0.913. The van der Waals surface area contributed by atoms with Crippen molar-refractivity contribution >= 4 is 11.5 Å². The van der Waals surface area contributed by atoms with E-state index in [1.807, 2.05) is 48.3 Å². The minimum Gasteiger partial charge on any atom is -0.369 e. The average molecular weight is 253 g/mol. The molecule has 2 rings (SSSR count). The van der Waals surface area contributed by atoms with Crippen molar-refractivity contribution in [3.8, 4) is 6.07 Å². The number of para-hydroxylation sites is 1. The highest BCUT2D eigenvalue weighted by Gasteiger charge is 2.07. The number of nitrogens with one attached hydrogen (secondary N) is 1. The second-order valence-corrected chi connectivity index (χ2v) is 4.18. The van der Waals surface area contributed by atoms with Gasteiger partial charge in [-0.15, -0.1) is 0 Å². The predicted molar refractivity (Wildman–Crippen MR) is 75.3 cm³/mol. The van der Waals surface area contributed by atoms with Crippen LogP contribution in [0.3, 0.4) is 0 Å². The zero-order valence-electron chi connectivity index (χ0n) is 10.7. The van der Waals surface area contributed by atoms with Gasteiger partial charge >= 0.3 is 0 Å². The molecular formula is C14H15N5. The third-order valence-electron chi connectivity index (χ3n) is 2.83. The van der Waals surface area contributed by atoms with E-state index in [-0.39, 0.29) is 0 Å². The summed E-state index contributed by atoms with van der Waals surface area (Å²) in [5, 5.41) is 9.09. The first-order chi connectivity index (χ1) is 9.24. The van der Waals surface area contributed by atoms with Crippen LogP contribution in [0.2, 0.25) is 0 Å². The summed E-state index contributed by atoms with van der Waals surface area (Å²) in [6, 6.07) is 13.5. The standard InChI is InChI=1S/C14H15N5/c1-19(13-5-3-2-4-12(13)8-15)10-11-6-7-14(18-16)17-9-11/h2-7,9H,10,16H2,1H3,(H,17,18). The summed E-state index contributed by atoms with van der Waals surface area (Å²) < 4.78 is 0. The molecule has 0 amide bonds. The SMILES string of the molecule is CN(Cc1ccc(NN)nc1)c1ccccc1C#N. The maximum absolute atomic E-state index is 9.09. The summed E-state index contributed by atoms with van der Waals surface area (Å²) in [4.78, 5) is 6.18. The molecule has 1 aromatic heterocycles. The Bertz CT molecular complexity index is 586. The van der Waals surface area contributed by atoms with Gasteiger partial charge in [-0.1, -0.05) is 18.2 Å². The monoisotopic (exact) mass is 253 g/mol. The van der Waals surface area contributed by atoms with Crippen LogP contribution >= 0.6 is 0 Å². The summed E-state index contributed by atoms with van der Waals surface area (Å²) >= 11 is 0. The van der Waals surface area contributed by atoms with Crippen molar-refractivity contribution in [1.82, 2.24) is 4.98 Å². The van der Waals surface area contributed by atoms with Crippen LogP contribution in [-0.2, 0) is 6.54 Å². The number of nitrogen functional groups attached to an aromatic ring is 1. The lowest BCUT2D eigenvalue weighted by Crippen LogP contribution is -2.17. The van der Waals surface area contributed by atoms with Crippen LogP contribution in [0.25, 0.3) is 0 Å². The van der Waals surface area contributed by atoms with Gasteiger partial charge in [-0.05, 0) is 23.8 Å². The topological polar surface area (TPSA) is 78.0 Å². The quantitative estimate of drug-likeness (QED) is 0.642. The first-order valence-corrected chi connectivity index (χ1v) is 5.86. The molecule has 1 aromatic carbocycles. The van der Waals surface area contributed by atoms with Crippen molar-refractivity contribution in [2.75, 3.05) is 17.4 Å². The van der Waals surface area contributed by atoms with Gasteiger partial charge in [-0.3, -0.25) is 0 Å². The molecule has 0 saturated carbocycles. The highest BCUT2D eigenvalue weighted by molar-refractivity contribution is 5.58. The molecule has 0 bridgehead atoms. The van der Waals surface area contributed by atoms with Gasteiger partial charge in [0.05, 0.1) is 11.3 Å². The maximum Gasteiger partial charge on any atom is 0.139 e. The highest BCUT2D eigenvalue weighted by Crippen LogP contribution is 2.20. The number of anilines is 2. The van der Waals surface area contributed by atoms with Crippen LogP contribution in [0.15, 0.2) is 42.6 Å². The lowest BCUT2D eigenvalue weighted by Gasteiger charge is -2.20. The van der Waals surface area contributed by atoms with E-state index in [1.165, 1.54) is 0 Å². The number of rotatable bonds is 4. The largest absolute Gasteiger partial charge is 0.369 e. The number of hydrazine groups is 1. The Hall–Kier alpha value is -2.58. The number of nitrogens with zero attached hydrogens (tertiary/aromatic N) is 3. The molecule has 2 aromatic rings. The molecule has 0 aliphatic rings. The third-order valence-corrected chi connectivity index (χ3v) is 2.83. The molecule has 0 aliphatic carbocycles. The Morgan fingerprint density at radius 2 is 2.11 bits per heavy atom. The van der Waals surface area contributed by atoms with Gasteiger partial charge in [0.15, 0.2) is 0 Å². The van der Waals surface area contributed by atoms with Crippen molar-refractivity contribution in [3.63, 3.8) is 0 Å². The van der Waals surface area contributed by atoms with Crippen LogP contribution in [-0.4, -0.2) is 12.0 Å². The molecule has 5 nitrogen and oxygen atoms in total. The minimum atomic E-state index is 0.629. The van der Waals surface area contributed by atoms with Crippen LogP contribution in [0, 0.1) is 11.3 Å². The molecule has 1 heterocycles. The van der Waals surface area contributed by atoms with E-state index in [4.69, 9.17) is 11.1 Å². The molecule has 0 atom stereocenters. The fourth-order valence-corrected chi connectivity index (χ4v) is 1.86. The lowest BCUT2D eigenvalue weighted by atomic mass is 10.1. The molecule has 0 spiro atoms. The zero-order chi connectivity index (χ0) is 13.7. The highest BCUT2D eigenvalue weighted by atomic mass is 15.2. The molecule has 3 N–H and O–H groups in total. The fraction of sp³-hybridized carbons (Fsp3) is 0.143. The van der Waals surface area contributed by atoms with E-state index < -0.39 is 0 Å². The summed E-state index contributed by atoms with van der Waals surface area (Å²) in [6.45, 7) is 0.677. The molecular weight excluding hydrogens is 238 g/mol. The molecule has 0 aliphatic heterocycles. The van der Waals surface area contributed by atoms with Crippen molar-refractivity contribution in [1.29, 1.82) is 5.26 Å². The normalized spacial score (nSPS) is 9.74. The van der Waals surface area contributed by atoms with Crippen LogP contribution in [0.1, 0.15) is 11.1 Å². The number of hydrogen-bond donors (Lipinski definition) is 2. The van der Waals surface area contributed by atoms with Gasteiger partial charge in [0.1, 0.15) is 11.9 Å². The van der Waals surface area contributed by atoms with E-state index in [0.717, 1.165) is 11.3 Å². The molecule has 0 unspecified atom stereocenters. The number of pyridine rings is 1. The molecule has 0 fully saturated rings. The number of benzene rings is 1. The third kappa shape index (κ3) is 3.00. The maximum atomic E-state index is 9.09. The first-order valence-electron chi connectivity index (χ1n) is 5.86. The number of nitriles is 1. The molecule has 5 heteroatoms. The van der Waals surface area contributed by atoms with Crippen molar-refractivity contribution in [2.24, 2.45) is 5.84 Å². The van der Waals surface area contributed by atoms with Crippen LogP contribution < -0.4 is 16.2 Å². The summed E-state index contributed by atoms with van der Waals surface area (Å²) in [7, 11) is 1.95. The van der Waals surface area contributed by atoms with E-state index in [0.29, 0.717) is 17.9 Å². The summed E-state index contributed by atoms with van der Waals surface area (Å²) in [5.74, 6) is 5.90. The van der Waals surface area contributed by atoms with Gasteiger partial charge in [-0.25, -0.2) is 10.8 Å². The summed E-state index contributed by atoms with van der Waals surface area (Å²) in [5.41, 5.74) is 5.11. The molecule has 0 radical (unpaired) electrons. The minimum absolute atomic E-state index is 0.629. The first kappa shape index (κ1) is 12.9. The van der Waals surface area contributed by atoms with Crippen molar-refractivity contribution in [3.05, 3.63) is 53.7 Å². The van der Waals surface area contributed by atoms with Gasteiger partial charge < -0.3 is 10.3 Å². The van der Waals surface area contributed by atoms with Crippen LogP contribution in [0.4, 0.5) is 11.5 Å². The second kappa shape index (κ2) is 5.85. The van der Waals surface area contributed by atoms with E-state index in [2.05, 4.69) is 16.5 Å². The zero-order valence-corrected chi connectivity index (χ0v) is 10.7. The molecule has 96 valence electrons. The van der Waals surface area contributed by atoms with Crippen molar-refractivity contribution < 1.29 is 0 Å². The smallest absolute Gasteiger partial charge is 0.139 e. The summed E-state index contributed by atoms with van der Waals surface area (Å²) in [6.07, 6.45) is 1.76. The predicted octanol–water partition coefficient (Wildman–Crippen LogP) is 1.88. The Morgan fingerprint density at radius 1 is 1.32 bits per heavy atom. The van der Waals surface area contributed by atoms with Gasteiger partial charge in [0.25, 0.3) is 0 Å². The number of hydrogen-bond acceptors (Lipinski definition) is 5. The van der Waals surface area contributed by atoms with E-state index in [1.54, 1.807) is 6.20 Å². The second-order valence-electron chi connectivity index (χ2n) is 4.18. The van der Waals surface area contributed by atoms with E-state index in [9.17, 15) is 0 Å². The molecule has 19 heavy (non-hydrogen) atoms. The number of nitrogens with two attached hydrogens (primary N) is 1. The van der Waals surface area contributed by atoms with Gasteiger partial charge in [0, 0.05) is 19.8 Å². The molecule has 0 saturated heterocycles. The van der Waals surface area contributed by atoms with Crippen molar-refractivity contribution in [2.45, 2.75) is 6.54 Å².